The molecule has 1 N–H and O–H groups in total. The summed E-state index contributed by atoms with van der Waals surface area (Å²) < 4.78 is 39.8. The lowest BCUT2D eigenvalue weighted by atomic mass is 10.1. The summed E-state index contributed by atoms with van der Waals surface area (Å²) in [4.78, 5) is 28.6. The molecule has 0 aliphatic heterocycles. The highest BCUT2D eigenvalue weighted by Gasteiger charge is 2.30. The van der Waals surface area contributed by atoms with Crippen molar-refractivity contribution in [3.63, 3.8) is 0 Å². The molecular formula is C19H16F3N3O2S. The van der Waals surface area contributed by atoms with Gasteiger partial charge in [0.25, 0.3) is 5.91 Å². The van der Waals surface area contributed by atoms with Gasteiger partial charge in [-0.1, -0.05) is 23.5 Å². The standard InChI is InChI=1S/C19H16F3N3O2S/c1-12-16(28-18(27)25(12)11-13-5-7-23-8-6-13)17(26)24-10-14-3-2-4-15(9-14)19(20,21)22/h2-9H,10-11H2,1H3,(H,24,26). The Hall–Kier alpha value is -2.94. The summed E-state index contributed by atoms with van der Waals surface area (Å²) in [5.41, 5.74) is 0.926. The Labute approximate surface area is 162 Å². The molecule has 3 rings (SSSR count). The summed E-state index contributed by atoms with van der Waals surface area (Å²) in [6.45, 7) is 1.90. The van der Waals surface area contributed by atoms with Gasteiger partial charge in [-0.05, 0) is 42.3 Å². The molecule has 1 amide bonds. The molecule has 9 heteroatoms. The van der Waals surface area contributed by atoms with Gasteiger partial charge in [0.05, 0.1) is 12.1 Å². The van der Waals surface area contributed by atoms with Crippen LogP contribution in [0.25, 0.3) is 0 Å². The number of hydrogen-bond acceptors (Lipinski definition) is 4. The molecule has 0 unspecified atom stereocenters. The lowest BCUT2D eigenvalue weighted by molar-refractivity contribution is -0.137. The predicted octanol–water partition coefficient (Wildman–Crippen LogP) is 3.61. The Kier molecular flexibility index (Phi) is 5.64. The van der Waals surface area contributed by atoms with Gasteiger partial charge in [-0.2, -0.15) is 13.2 Å². The molecule has 0 bridgehead atoms. The zero-order chi connectivity index (χ0) is 20.3. The first kappa shape index (κ1) is 19.8. The number of amides is 1. The van der Waals surface area contributed by atoms with E-state index in [1.807, 2.05) is 0 Å². The molecule has 28 heavy (non-hydrogen) atoms. The van der Waals surface area contributed by atoms with Gasteiger partial charge in [0, 0.05) is 24.6 Å². The van der Waals surface area contributed by atoms with E-state index in [1.165, 1.54) is 16.7 Å². The number of pyridine rings is 1. The Morgan fingerprint density at radius 3 is 2.57 bits per heavy atom. The summed E-state index contributed by atoms with van der Waals surface area (Å²) in [5.74, 6) is -0.495. The molecule has 0 saturated carbocycles. The van der Waals surface area contributed by atoms with E-state index in [4.69, 9.17) is 0 Å². The molecule has 0 fully saturated rings. The number of rotatable bonds is 5. The van der Waals surface area contributed by atoms with Crippen molar-refractivity contribution in [3.05, 3.63) is 85.7 Å². The fraction of sp³-hybridized carbons (Fsp3) is 0.211. The number of carbonyl (C=O) groups excluding carboxylic acids is 1. The van der Waals surface area contributed by atoms with Gasteiger partial charge in [0.1, 0.15) is 4.88 Å². The average Bonchev–Trinajstić information content (AvgIpc) is 2.95. The van der Waals surface area contributed by atoms with Crippen molar-refractivity contribution in [2.24, 2.45) is 0 Å². The van der Waals surface area contributed by atoms with Crippen molar-refractivity contribution >= 4 is 17.2 Å². The molecule has 0 saturated heterocycles. The maximum atomic E-state index is 12.8. The van der Waals surface area contributed by atoms with Gasteiger partial charge in [-0.15, -0.1) is 0 Å². The van der Waals surface area contributed by atoms with Gasteiger partial charge in [-0.3, -0.25) is 19.1 Å². The van der Waals surface area contributed by atoms with Gasteiger partial charge in [0.2, 0.25) is 0 Å². The normalized spacial score (nSPS) is 11.4. The number of halogens is 3. The molecule has 0 aliphatic rings. The molecule has 0 spiro atoms. The Balaban J connectivity index is 1.73. The first-order valence-corrected chi connectivity index (χ1v) is 9.11. The summed E-state index contributed by atoms with van der Waals surface area (Å²) in [6, 6.07) is 8.30. The quantitative estimate of drug-likeness (QED) is 0.703. The predicted molar refractivity (Wildman–Crippen MR) is 99.3 cm³/mol. The van der Waals surface area contributed by atoms with Crippen LogP contribution < -0.4 is 10.2 Å². The van der Waals surface area contributed by atoms with Crippen molar-refractivity contribution in [1.82, 2.24) is 14.9 Å². The zero-order valence-electron chi connectivity index (χ0n) is 14.8. The highest BCUT2D eigenvalue weighted by atomic mass is 32.1. The van der Waals surface area contributed by atoms with Crippen LogP contribution in [0, 0.1) is 6.92 Å². The minimum atomic E-state index is -4.44. The first-order valence-electron chi connectivity index (χ1n) is 8.29. The molecular weight excluding hydrogens is 391 g/mol. The fourth-order valence-electron chi connectivity index (χ4n) is 2.66. The van der Waals surface area contributed by atoms with Gasteiger partial charge in [0.15, 0.2) is 0 Å². The van der Waals surface area contributed by atoms with Crippen LogP contribution in [0.3, 0.4) is 0 Å². The van der Waals surface area contributed by atoms with E-state index in [9.17, 15) is 22.8 Å². The Morgan fingerprint density at radius 1 is 1.18 bits per heavy atom. The van der Waals surface area contributed by atoms with Gasteiger partial charge in [-0.25, -0.2) is 0 Å². The van der Waals surface area contributed by atoms with Crippen molar-refractivity contribution in [2.45, 2.75) is 26.2 Å². The zero-order valence-corrected chi connectivity index (χ0v) is 15.6. The molecule has 146 valence electrons. The van der Waals surface area contributed by atoms with Crippen LogP contribution in [0.5, 0.6) is 0 Å². The maximum Gasteiger partial charge on any atom is 0.416 e. The molecule has 5 nitrogen and oxygen atoms in total. The van der Waals surface area contributed by atoms with Crippen LogP contribution >= 0.6 is 11.3 Å². The monoisotopic (exact) mass is 407 g/mol. The van der Waals surface area contributed by atoms with Gasteiger partial charge < -0.3 is 5.32 Å². The minimum absolute atomic E-state index is 0.0708. The van der Waals surface area contributed by atoms with E-state index < -0.39 is 17.6 Å². The summed E-state index contributed by atoms with van der Waals surface area (Å²) in [7, 11) is 0. The second kappa shape index (κ2) is 7.97. The second-order valence-electron chi connectivity index (χ2n) is 6.10. The lowest BCUT2D eigenvalue weighted by Gasteiger charge is -2.10. The van der Waals surface area contributed by atoms with Crippen LogP contribution in [0.15, 0.2) is 53.6 Å². The summed E-state index contributed by atoms with van der Waals surface area (Å²) in [6.07, 6.45) is -1.21. The molecule has 3 aromatic rings. The van der Waals surface area contributed by atoms with Crippen molar-refractivity contribution in [3.8, 4) is 0 Å². The number of thiazole rings is 1. The van der Waals surface area contributed by atoms with E-state index >= 15 is 0 Å². The number of nitrogens with zero attached hydrogens (tertiary/aromatic N) is 2. The van der Waals surface area contributed by atoms with Crippen LogP contribution in [-0.2, 0) is 19.3 Å². The largest absolute Gasteiger partial charge is 0.416 e. The fourth-order valence-corrected chi connectivity index (χ4v) is 3.57. The third-order valence-corrected chi connectivity index (χ3v) is 5.23. The SMILES string of the molecule is Cc1c(C(=O)NCc2cccc(C(F)(F)F)c2)sc(=O)n1Cc1ccncc1. The van der Waals surface area contributed by atoms with E-state index in [0.717, 1.165) is 29.0 Å². The maximum absolute atomic E-state index is 12.8. The Bertz CT molecular complexity index is 1040. The highest BCUT2D eigenvalue weighted by molar-refractivity contribution is 7.11. The number of alkyl halides is 3. The molecule has 0 radical (unpaired) electrons. The minimum Gasteiger partial charge on any atom is -0.347 e. The molecule has 1 aromatic carbocycles. The van der Waals surface area contributed by atoms with Crippen LogP contribution in [0.2, 0.25) is 0 Å². The van der Waals surface area contributed by atoms with E-state index in [-0.39, 0.29) is 16.3 Å². The number of aromatic nitrogens is 2. The van der Waals surface area contributed by atoms with Crippen molar-refractivity contribution in [1.29, 1.82) is 0 Å². The van der Waals surface area contributed by atoms with Crippen LogP contribution in [-0.4, -0.2) is 15.5 Å². The number of carbonyl (C=O) groups is 1. The first-order chi connectivity index (χ1) is 13.3. The Morgan fingerprint density at radius 2 is 1.89 bits per heavy atom. The number of nitrogens with one attached hydrogen (secondary N) is 1. The summed E-state index contributed by atoms with van der Waals surface area (Å²) >= 11 is 0.811. The second-order valence-corrected chi connectivity index (χ2v) is 7.07. The smallest absolute Gasteiger partial charge is 0.347 e. The lowest BCUT2D eigenvalue weighted by Crippen LogP contribution is -2.23. The number of benzene rings is 1. The molecule has 2 aromatic heterocycles. The average molecular weight is 407 g/mol. The molecule has 2 heterocycles. The van der Waals surface area contributed by atoms with Gasteiger partial charge >= 0.3 is 11.0 Å². The summed E-state index contributed by atoms with van der Waals surface area (Å²) in [5, 5.41) is 2.58. The van der Waals surface area contributed by atoms with Crippen LogP contribution in [0.1, 0.15) is 32.1 Å². The highest BCUT2D eigenvalue weighted by Crippen LogP contribution is 2.29. The topological polar surface area (TPSA) is 64.0 Å². The van der Waals surface area contributed by atoms with E-state index in [0.29, 0.717) is 17.8 Å². The van der Waals surface area contributed by atoms with E-state index in [1.54, 1.807) is 31.5 Å². The van der Waals surface area contributed by atoms with Crippen LogP contribution in [0.4, 0.5) is 13.2 Å². The van der Waals surface area contributed by atoms with E-state index in [2.05, 4.69) is 10.3 Å². The number of hydrogen-bond donors (Lipinski definition) is 1. The van der Waals surface area contributed by atoms with Crippen molar-refractivity contribution in [2.75, 3.05) is 0 Å². The molecule has 0 atom stereocenters. The van der Waals surface area contributed by atoms with Crippen molar-refractivity contribution < 1.29 is 18.0 Å². The third-order valence-electron chi connectivity index (χ3n) is 4.15. The third kappa shape index (κ3) is 4.48. The molecule has 0 aliphatic carbocycles.